The minimum absolute atomic E-state index is 0.0332. The molecule has 4 amide bonds. The van der Waals surface area contributed by atoms with Crippen molar-refractivity contribution in [3.05, 3.63) is 233 Å². The van der Waals surface area contributed by atoms with Gasteiger partial charge in [0, 0.05) is 44.4 Å². The summed E-state index contributed by atoms with van der Waals surface area (Å²) in [7, 11) is -3.48. The van der Waals surface area contributed by atoms with Gasteiger partial charge in [-0.05, 0) is 164 Å². The highest BCUT2D eigenvalue weighted by Crippen LogP contribution is 2.74. The lowest BCUT2D eigenvalue weighted by atomic mass is 9.35. The molecule has 6 aromatic carbocycles. The predicted octanol–water partition coefficient (Wildman–Crippen LogP) is 6.08. The van der Waals surface area contributed by atoms with E-state index in [0.717, 1.165) is 33.4 Å². The highest BCUT2D eigenvalue weighted by atomic mass is 16.6. The number of rotatable bonds is 34. The second-order valence-corrected chi connectivity index (χ2v) is 33.2. The third-order valence-electron chi connectivity index (χ3n) is 23.2. The molecule has 0 radical (unpaired) electrons. The van der Waals surface area contributed by atoms with E-state index in [1.807, 2.05) is 146 Å². The quantitative estimate of drug-likeness (QED) is 0.0136. The van der Waals surface area contributed by atoms with E-state index in [0.29, 0.717) is 72.0 Å². The van der Waals surface area contributed by atoms with E-state index in [-0.39, 0.29) is 97.2 Å². The number of amides is 4. The molecule has 4 fully saturated rings. The number of carbonyl (C=O) groups excluding carboxylic acids is 7. The summed E-state index contributed by atoms with van der Waals surface area (Å²) in [5, 5.41) is 70.8. The van der Waals surface area contributed by atoms with Crippen LogP contribution < -0.4 is 37.7 Å². The van der Waals surface area contributed by atoms with Crippen molar-refractivity contribution in [1.82, 2.24) is 66.2 Å². The molecule has 117 heavy (non-hydrogen) atoms. The van der Waals surface area contributed by atoms with Gasteiger partial charge >= 0.3 is 45.4 Å². The van der Waals surface area contributed by atoms with Crippen LogP contribution in [0, 0.1) is 16.2 Å². The van der Waals surface area contributed by atoms with Crippen LogP contribution in [0.4, 0.5) is 4.79 Å². The van der Waals surface area contributed by atoms with Gasteiger partial charge in [-0.15, -0.1) is 15.3 Å². The first-order valence-corrected chi connectivity index (χ1v) is 39.9. The number of hydrogen-bond acceptors (Lipinski definition) is 23. The van der Waals surface area contributed by atoms with Crippen molar-refractivity contribution in [2.75, 3.05) is 0 Å². The summed E-state index contributed by atoms with van der Waals surface area (Å²) in [4.78, 5) is 103. The number of nitrogens with one attached hydrogen (secondary N) is 4. The predicted molar refractivity (Wildman–Crippen MR) is 424 cm³/mol. The number of fused-ring (bicyclic) bond motifs is 3. The maximum absolute atomic E-state index is 15.0. The number of alkyl carbamates (subject to hydrolysis) is 1. The van der Waals surface area contributed by atoms with Gasteiger partial charge in [-0.2, -0.15) is 0 Å². The van der Waals surface area contributed by atoms with Crippen molar-refractivity contribution in [3.63, 3.8) is 0 Å². The van der Waals surface area contributed by atoms with Crippen LogP contribution in [-0.4, -0.2) is 152 Å². The topological polar surface area (TPSA) is 385 Å². The summed E-state index contributed by atoms with van der Waals surface area (Å²) in [6.07, 6.45) is 5.38. The number of aryl methyl sites for hydroxylation is 3. The van der Waals surface area contributed by atoms with Crippen LogP contribution in [-0.2, 0) is 101 Å². The smallest absolute Gasteiger partial charge is 0.459 e. The van der Waals surface area contributed by atoms with Crippen molar-refractivity contribution >= 4 is 79.5 Å². The number of ether oxygens (including phenoxy) is 4. The van der Waals surface area contributed by atoms with Crippen molar-refractivity contribution in [1.29, 1.82) is 0 Å². The fourth-order valence-corrected chi connectivity index (χ4v) is 18.8. The van der Waals surface area contributed by atoms with E-state index in [4.69, 9.17) is 32.9 Å². The maximum Gasteiger partial charge on any atom is 0.492 e. The molecule has 7 aliphatic rings. The van der Waals surface area contributed by atoms with E-state index in [1.54, 1.807) is 71.6 Å². The average molecular weight is 1590 g/mol. The molecule has 3 aromatic heterocycles. The van der Waals surface area contributed by atoms with Crippen LogP contribution in [0.15, 0.2) is 182 Å². The van der Waals surface area contributed by atoms with Gasteiger partial charge in [-0.1, -0.05) is 179 Å². The Bertz CT molecular complexity index is 4580. The average Bonchev–Trinajstić information content (AvgIpc) is 1.33. The number of nitrogens with zero attached hydrogens (tertiary/aromatic N) is 9. The molecule has 6 heterocycles. The number of aromatic nitrogens is 9. The Balaban J connectivity index is 0.700. The van der Waals surface area contributed by atoms with E-state index < -0.39 is 127 Å². The molecule has 6 atom stereocenters. The lowest BCUT2D eigenvalue weighted by molar-refractivity contribution is -0.187. The SMILES string of the molecule is CC(C)(C)OC(=O)NC12CC3(CCC(=O)N[C@@H](CCn4cc(C5OB(O)c6ccccc65)nn4)C(=O)OCc4ccccc4)CC(CCC(=O)N[C@@H](CCn4cc(C5OB(O)c6ccccc65)nn4)C(=O)OCc4ccccc4)(CC(CCC(=O)N[C@@H](CCn4cc(C5OB(O)c6ccccc65)nn4)C(=O)OCc4ccccc4)(C3)C1)C2. The summed E-state index contributed by atoms with van der Waals surface area (Å²) in [6.45, 7) is 5.43. The third kappa shape index (κ3) is 19.4. The van der Waals surface area contributed by atoms with Gasteiger partial charge in [0.1, 0.15) is 78.9 Å². The molecule has 0 saturated heterocycles. The van der Waals surface area contributed by atoms with Crippen LogP contribution in [0.5, 0.6) is 0 Å². The summed E-state index contributed by atoms with van der Waals surface area (Å²) in [5.74, 6) is -3.43. The largest absolute Gasteiger partial charge is 0.492 e. The van der Waals surface area contributed by atoms with Gasteiger partial charge in [0.25, 0.3) is 0 Å². The first-order valence-electron chi connectivity index (χ1n) is 39.9. The molecule has 606 valence electrons. The van der Waals surface area contributed by atoms with Crippen molar-refractivity contribution in [2.45, 2.75) is 204 Å². The second kappa shape index (κ2) is 34.9. The molecule has 7 N–H and O–H groups in total. The molecular weight excluding hydrogens is 1500 g/mol. The van der Waals surface area contributed by atoms with Crippen LogP contribution in [0.1, 0.15) is 186 Å². The Morgan fingerprint density at radius 3 is 1.03 bits per heavy atom. The van der Waals surface area contributed by atoms with Gasteiger partial charge in [0.15, 0.2) is 0 Å². The Kier molecular flexibility index (Phi) is 24.2. The normalized spacial score (nSPS) is 22.1. The van der Waals surface area contributed by atoms with Crippen LogP contribution >= 0.6 is 0 Å². The number of carbonyl (C=O) groups is 7. The minimum Gasteiger partial charge on any atom is -0.459 e. The molecule has 33 heteroatoms. The number of hydrogen-bond donors (Lipinski definition) is 7. The molecule has 3 aliphatic heterocycles. The molecule has 30 nitrogen and oxygen atoms in total. The first kappa shape index (κ1) is 80.9. The van der Waals surface area contributed by atoms with Crippen molar-refractivity contribution in [2.24, 2.45) is 16.2 Å². The second-order valence-electron chi connectivity index (χ2n) is 33.2. The fourth-order valence-electron chi connectivity index (χ4n) is 18.8. The van der Waals surface area contributed by atoms with E-state index >= 15 is 14.4 Å². The van der Waals surface area contributed by atoms with Gasteiger partial charge in [-0.25, -0.2) is 19.2 Å². The minimum atomic E-state index is -1.17. The van der Waals surface area contributed by atoms with Crippen LogP contribution in [0.25, 0.3) is 0 Å². The highest BCUT2D eigenvalue weighted by Gasteiger charge is 2.68. The highest BCUT2D eigenvalue weighted by molar-refractivity contribution is 6.62. The molecule has 16 rings (SSSR count). The van der Waals surface area contributed by atoms with Gasteiger partial charge in [-0.3, -0.25) is 28.4 Å². The third-order valence-corrected chi connectivity index (χ3v) is 23.2. The molecule has 0 spiro atoms. The molecular formula is C84H94B3N13O17. The fraction of sp³-hybridized carbons (Fsp3) is 0.417. The summed E-state index contributed by atoms with van der Waals surface area (Å²) >= 11 is 0. The Hall–Kier alpha value is -11.2. The Labute approximate surface area is 677 Å². The Morgan fingerprint density at radius 1 is 0.436 bits per heavy atom. The summed E-state index contributed by atoms with van der Waals surface area (Å²) < 4.78 is 46.1. The number of esters is 3. The zero-order valence-electron chi connectivity index (χ0n) is 65.4. The summed E-state index contributed by atoms with van der Waals surface area (Å²) in [6, 6.07) is 45.8. The van der Waals surface area contributed by atoms with Crippen molar-refractivity contribution in [3.8, 4) is 0 Å². The lowest BCUT2D eigenvalue weighted by Gasteiger charge is -2.71. The van der Waals surface area contributed by atoms with Crippen LogP contribution in [0.2, 0.25) is 0 Å². The zero-order chi connectivity index (χ0) is 81.5. The molecule has 4 saturated carbocycles. The summed E-state index contributed by atoms with van der Waals surface area (Å²) in [5.41, 5.74) is 3.32. The van der Waals surface area contributed by atoms with E-state index in [1.165, 1.54) is 0 Å². The van der Waals surface area contributed by atoms with Crippen LogP contribution in [0.3, 0.4) is 0 Å². The molecule has 4 bridgehead atoms. The van der Waals surface area contributed by atoms with E-state index in [9.17, 15) is 34.3 Å². The number of benzene rings is 6. The molecule has 4 aliphatic carbocycles. The van der Waals surface area contributed by atoms with Crippen molar-refractivity contribution < 1.29 is 81.5 Å². The van der Waals surface area contributed by atoms with Gasteiger partial charge in [0.2, 0.25) is 17.7 Å². The molecule has 9 aromatic rings. The zero-order valence-corrected chi connectivity index (χ0v) is 65.4. The molecule has 3 unspecified atom stereocenters. The monoisotopic (exact) mass is 1590 g/mol. The first-order chi connectivity index (χ1) is 56.4. The van der Waals surface area contributed by atoms with Gasteiger partial charge in [0.05, 0.1) is 18.6 Å². The maximum atomic E-state index is 15.0. The lowest BCUT2D eigenvalue weighted by Crippen LogP contribution is -2.69. The van der Waals surface area contributed by atoms with Gasteiger partial charge < -0.3 is 69.2 Å². The Morgan fingerprint density at radius 2 is 0.726 bits per heavy atom. The van der Waals surface area contributed by atoms with E-state index in [2.05, 4.69) is 52.2 Å². The standard InChI is InChI=1S/C84H94B3N13O17/c1-80(2,3)114-79(107)91-84-52-81(37-31-70(101)88-64(76(104)111-46-55-19-7-4-8-20-55)34-40-98-43-67(92-95-98)73-58-25-13-16-28-61(58)85(108)115-73)49-82(53-84,38-32-71(102)89-65(77(105)112-47-56-21-9-5-10-22-56)35-41-99-44-68(93-96-99)74-59-26-14-17-29-62(59)86(109)116-74)51-83(50-81,54-84)39-33-72(103)90-66(78(106)113-48-57-23-11-6-12-24-57)36-42-100-45-69(94-97-100)75-60-27-15-18-30-63(60)87(110)117-75/h4-30,43-45,64-66,73-75,108-110H,31-42,46-54H2,1-3H3,(H,88,101)(H,89,102)(H,90,103)(H,91,107)/t64-,65-,66-,73?,74?,75?,81?,82?,83?,84?/m0/s1.